The molecule has 0 amide bonds. The molecule has 2 fully saturated rings. The van der Waals surface area contributed by atoms with E-state index in [0.29, 0.717) is 25.3 Å². The van der Waals surface area contributed by atoms with Crippen molar-refractivity contribution in [1.29, 1.82) is 0 Å². The van der Waals surface area contributed by atoms with Gasteiger partial charge in [-0.15, -0.1) is 0 Å². The lowest BCUT2D eigenvalue weighted by molar-refractivity contribution is -0.384. The maximum atomic E-state index is 12.8. The molecule has 1 atom stereocenters. The van der Waals surface area contributed by atoms with Gasteiger partial charge in [-0.2, -0.15) is 4.31 Å². The highest BCUT2D eigenvalue weighted by Crippen LogP contribution is 2.41. The van der Waals surface area contributed by atoms with Crippen LogP contribution < -0.4 is 4.90 Å². The molecule has 2 aromatic rings. The minimum atomic E-state index is -3.70. The largest absolute Gasteiger partial charge is 0.359 e. The number of nitro benzene ring substituents is 1. The summed E-state index contributed by atoms with van der Waals surface area (Å²) in [6.45, 7) is 1.61. The quantitative estimate of drug-likeness (QED) is 0.563. The molecule has 0 saturated carbocycles. The van der Waals surface area contributed by atoms with Crippen molar-refractivity contribution in [1.82, 2.24) is 9.29 Å². The predicted octanol–water partition coefficient (Wildman–Crippen LogP) is 3.12. The van der Waals surface area contributed by atoms with Crippen molar-refractivity contribution in [3.05, 3.63) is 58.4 Å². The zero-order valence-electron chi connectivity index (χ0n) is 15.4. The normalized spacial score (nSPS) is 20.6. The zero-order chi connectivity index (χ0) is 19.7. The Bertz CT molecular complexity index is 975. The monoisotopic (exact) mass is 402 g/mol. The lowest BCUT2D eigenvalue weighted by atomic mass is 10.1. The molecule has 9 heteroatoms. The summed E-state index contributed by atoms with van der Waals surface area (Å²) >= 11 is 0. The van der Waals surface area contributed by atoms with Crippen LogP contribution in [0.15, 0.2) is 47.6 Å². The summed E-state index contributed by atoms with van der Waals surface area (Å²) in [7, 11) is -3.70. The molecule has 8 nitrogen and oxygen atoms in total. The number of rotatable bonds is 5. The molecule has 0 bridgehead atoms. The van der Waals surface area contributed by atoms with Crippen molar-refractivity contribution in [2.45, 2.75) is 36.6 Å². The molecule has 1 aromatic heterocycles. The summed E-state index contributed by atoms with van der Waals surface area (Å²) in [4.78, 5) is 17.4. The van der Waals surface area contributed by atoms with Crippen LogP contribution in [0, 0.1) is 10.1 Å². The van der Waals surface area contributed by atoms with Crippen LogP contribution in [0.1, 0.15) is 37.3 Å². The van der Waals surface area contributed by atoms with Crippen LogP contribution in [0.2, 0.25) is 0 Å². The van der Waals surface area contributed by atoms with Gasteiger partial charge in [-0.1, -0.05) is 6.07 Å². The molecule has 3 heterocycles. The number of benzene rings is 1. The van der Waals surface area contributed by atoms with Crippen molar-refractivity contribution >= 4 is 21.4 Å². The second-order valence-electron chi connectivity index (χ2n) is 7.16. The van der Waals surface area contributed by atoms with Gasteiger partial charge in [0, 0.05) is 38.1 Å². The first-order valence-corrected chi connectivity index (χ1v) is 10.9. The van der Waals surface area contributed by atoms with E-state index in [1.54, 1.807) is 18.5 Å². The topological polar surface area (TPSA) is 96.6 Å². The minimum absolute atomic E-state index is 0.00607. The van der Waals surface area contributed by atoms with E-state index < -0.39 is 14.9 Å². The van der Waals surface area contributed by atoms with Crippen LogP contribution in [0.5, 0.6) is 0 Å². The Morgan fingerprint density at radius 3 is 2.57 bits per heavy atom. The van der Waals surface area contributed by atoms with E-state index in [2.05, 4.69) is 4.98 Å². The third kappa shape index (κ3) is 3.35. The van der Waals surface area contributed by atoms with Crippen LogP contribution in [0.3, 0.4) is 0 Å². The van der Waals surface area contributed by atoms with Crippen molar-refractivity contribution in [2.24, 2.45) is 0 Å². The summed E-state index contributed by atoms with van der Waals surface area (Å²) in [5, 5.41) is 11.8. The Morgan fingerprint density at radius 1 is 1.11 bits per heavy atom. The fourth-order valence-electron chi connectivity index (χ4n) is 4.11. The molecular formula is C19H22N4O4S. The predicted molar refractivity (Wildman–Crippen MR) is 105 cm³/mol. The van der Waals surface area contributed by atoms with Gasteiger partial charge in [0.1, 0.15) is 5.69 Å². The Hall–Kier alpha value is -2.52. The van der Waals surface area contributed by atoms with Crippen molar-refractivity contribution in [2.75, 3.05) is 24.5 Å². The standard InChI is InChI=1S/C19H22N4O4S/c24-23(25)19-13-16(28(26,27)21-10-1-2-11-21)7-8-18(19)22-12-4-6-17(22)15-5-3-9-20-14-15/h3,5,7-9,13-14,17H,1-2,4,6,10-12H2. The molecule has 2 saturated heterocycles. The van der Waals surface area contributed by atoms with Gasteiger partial charge in [-0.3, -0.25) is 15.1 Å². The Labute approximate surface area is 164 Å². The lowest BCUT2D eigenvalue weighted by Crippen LogP contribution is -2.28. The van der Waals surface area contributed by atoms with E-state index in [9.17, 15) is 18.5 Å². The van der Waals surface area contributed by atoms with Crippen LogP contribution in [-0.4, -0.2) is 42.3 Å². The number of pyridine rings is 1. The van der Waals surface area contributed by atoms with Gasteiger partial charge in [-0.05, 0) is 49.4 Å². The van der Waals surface area contributed by atoms with Crippen molar-refractivity contribution in [3.63, 3.8) is 0 Å². The Morgan fingerprint density at radius 2 is 1.89 bits per heavy atom. The number of hydrogen-bond donors (Lipinski definition) is 0. The SMILES string of the molecule is O=[N+]([O-])c1cc(S(=O)(=O)N2CCCC2)ccc1N1CCCC1c1cccnc1. The summed E-state index contributed by atoms with van der Waals surface area (Å²) in [6, 6.07) is 8.10. The average molecular weight is 402 g/mol. The van der Waals surface area contributed by atoms with E-state index in [0.717, 1.165) is 31.2 Å². The molecule has 28 heavy (non-hydrogen) atoms. The van der Waals surface area contributed by atoms with Crippen LogP contribution in [0.4, 0.5) is 11.4 Å². The number of anilines is 1. The smallest absolute Gasteiger partial charge is 0.293 e. The van der Waals surface area contributed by atoms with Gasteiger partial charge in [-0.25, -0.2) is 8.42 Å². The number of sulfonamides is 1. The van der Waals surface area contributed by atoms with E-state index in [4.69, 9.17) is 0 Å². The minimum Gasteiger partial charge on any atom is -0.359 e. The van der Waals surface area contributed by atoms with Gasteiger partial charge in [0.25, 0.3) is 5.69 Å². The maximum absolute atomic E-state index is 12.8. The molecular weight excluding hydrogens is 380 g/mol. The van der Waals surface area contributed by atoms with Crippen LogP contribution in [0.25, 0.3) is 0 Å². The molecule has 148 valence electrons. The molecule has 1 aromatic carbocycles. The van der Waals surface area contributed by atoms with E-state index in [-0.39, 0.29) is 16.6 Å². The van der Waals surface area contributed by atoms with Crippen LogP contribution in [-0.2, 0) is 10.0 Å². The van der Waals surface area contributed by atoms with Gasteiger partial charge < -0.3 is 4.90 Å². The zero-order valence-corrected chi connectivity index (χ0v) is 16.2. The molecule has 0 aliphatic carbocycles. The number of aromatic nitrogens is 1. The molecule has 0 N–H and O–H groups in total. The van der Waals surface area contributed by atoms with Gasteiger partial charge in [0.15, 0.2) is 0 Å². The fourth-order valence-corrected chi connectivity index (χ4v) is 5.64. The Balaban J connectivity index is 1.73. The number of nitro groups is 1. The Kier molecular flexibility index (Phi) is 5.03. The molecule has 0 spiro atoms. The molecule has 1 unspecified atom stereocenters. The lowest BCUT2D eigenvalue weighted by Gasteiger charge is -2.27. The number of hydrogen-bond acceptors (Lipinski definition) is 6. The van der Waals surface area contributed by atoms with E-state index >= 15 is 0 Å². The van der Waals surface area contributed by atoms with Crippen LogP contribution >= 0.6 is 0 Å². The highest BCUT2D eigenvalue weighted by Gasteiger charge is 2.34. The molecule has 4 rings (SSSR count). The second kappa shape index (κ2) is 7.48. The van der Waals surface area contributed by atoms with Gasteiger partial charge >= 0.3 is 0 Å². The van der Waals surface area contributed by atoms with E-state index in [1.807, 2.05) is 17.0 Å². The van der Waals surface area contributed by atoms with Crippen molar-refractivity contribution < 1.29 is 13.3 Å². The first-order valence-electron chi connectivity index (χ1n) is 9.43. The third-order valence-electron chi connectivity index (χ3n) is 5.48. The molecule has 2 aliphatic heterocycles. The fraction of sp³-hybridized carbons (Fsp3) is 0.421. The third-order valence-corrected chi connectivity index (χ3v) is 7.37. The summed E-state index contributed by atoms with van der Waals surface area (Å²) in [6.07, 6.45) is 6.89. The second-order valence-corrected chi connectivity index (χ2v) is 9.09. The first-order chi connectivity index (χ1) is 13.5. The molecule has 2 aliphatic rings. The first kappa shape index (κ1) is 18.8. The van der Waals surface area contributed by atoms with E-state index in [1.165, 1.54) is 16.4 Å². The number of nitrogens with zero attached hydrogens (tertiary/aromatic N) is 4. The average Bonchev–Trinajstić information content (AvgIpc) is 3.40. The summed E-state index contributed by atoms with van der Waals surface area (Å²) in [5.74, 6) is 0. The van der Waals surface area contributed by atoms with Gasteiger partial charge in [0.2, 0.25) is 10.0 Å². The van der Waals surface area contributed by atoms with Crippen molar-refractivity contribution in [3.8, 4) is 0 Å². The highest BCUT2D eigenvalue weighted by molar-refractivity contribution is 7.89. The molecule has 0 radical (unpaired) electrons. The highest BCUT2D eigenvalue weighted by atomic mass is 32.2. The maximum Gasteiger partial charge on any atom is 0.293 e. The summed E-state index contributed by atoms with van der Waals surface area (Å²) in [5.41, 5.74) is 1.29. The summed E-state index contributed by atoms with van der Waals surface area (Å²) < 4.78 is 27.0. The van der Waals surface area contributed by atoms with Gasteiger partial charge in [0.05, 0.1) is 15.9 Å².